The molecule has 2 aliphatic heterocycles. The minimum Gasteiger partial charge on any atom is -0.392 e. The molecule has 0 aromatic heterocycles. The molecule has 4 aromatic rings. The summed E-state index contributed by atoms with van der Waals surface area (Å²) in [6.45, 7) is 3.16. The first-order chi connectivity index (χ1) is 24.0. The Morgan fingerprint density at radius 2 is 1.48 bits per heavy atom. The number of nitrogens with zero attached hydrogens (tertiary/aromatic N) is 3. The van der Waals surface area contributed by atoms with E-state index in [0.29, 0.717) is 44.7 Å². The molecule has 4 aromatic carbocycles. The van der Waals surface area contributed by atoms with Crippen molar-refractivity contribution >= 4 is 23.0 Å². The largest absolute Gasteiger partial charge is 0.392 e. The average Bonchev–Trinajstić information content (AvgIpc) is 3.13. The molecule has 15 heteroatoms. The first-order valence-electron chi connectivity index (χ1n) is 15.7. The van der Waals surface area contributed by atoms with Gasteiger partial charge in [-0.25, -0.2) is 22.0 Å². The smallest absolute Gasteiger partial charge is 0.269 e. The molecule has 2 heterocycles. The molecule has 2 fully saturated rings. The Morgan fingerprint density at radius 1 is 0.840 bits per heavy atom. The number of hydrogen-bond donors (Lipinski definition) is 2. The number of aliphatic hydroxyl groups excluding tert-OH is 1. The molecule has 2 N–H and O–H groups in total. The number of ether oxygens (including phenoxy) is 2. The predicted octanol–water partition coefficient (Wildman–Crippen LogP) is 6.40. The molecule has 1 amide bonds. The Balaban J connectivity index is 1.18. The number of non-ortho nitro benzene ring substituents is 1. The SMILES string of the molecule is O=C(Nc1cccc([C@H]2O[C@@H](CN3CCN(c4ccc([N+](=O)[O-])cc4)CC3)C[C@@H](c3ccc(CO)cc3)O2)c1)c1c(F)c(F)c(F)c(F)c1F. The first-order valence-corrected chi connectivity index (χ1v) is 15.7. The predicted molar refractivity (Wildman–Crippen MR) is 171 cm³/mol. The summed E-state index contributed by atoms with van der Waals surface area (Å²) >= 11 is 0. The van der Waals surface area contributed by atoms with Gasteiger partial charge in [-0.2, -0.15) is 0 Å². The fourth-order valence-corrected chi connectivity index (χ4v) is 6.06. The number of nitro groups is 1. The Bertz CT molecular complexity index is 1840. The van der Waals surface area contributed by atoms with Crippen LogP contribution in [0, 0.1) is 39.2 Å². The molecule has 2 saturated heterocycles. The summed E-state index contributed by atoms with van der Waals surface area (Å²) in [5.41, 5.74) is 1.26. The van der Waals surface area contributed by atoms with Gasteiger partial charge in [0.25, 0.3) is 11.6 Å². The molecule has 0 unspecified atom stereocenters. The van der Waals surface area contributed by atoms with E-state index in [0.717, 1.165) is 16.8 Å². The fourth-order valence-electron chi connectivity index (χ4n) is 6.06. The number of nitro benzene ring substituents is 1. The van der Waals surface area contributed by atoms with Gasteiger partial charge in [-0.1, -0.05) is 36.4 Å². The van der Waals surface area contributed by atoms with Gasteiger partial charge in [0, 0.05) is 68.2 Å². The summed E-state index contributed by atoms with van der Waals surface area (Å²) in [6, 6.07) is 19.6. The second-order valence-corrected chi connectivity index (χ2v) is 11.9. The lowest BCUT2D eigenvalue weighted by molar-refractivity contribution is -0.384. The van der Waals surface area contributed by atoms with Gasteiger partial charge in [0.2, 0.25) is 5.82 Å². The van der Waals surface area contributed by atoms with Gasteiger partial charge in [-0.3, -0.25) is 19.8 Å². The van der Waals surface area contributed by atoms with Crippen LogP contribution in [0.3, 0.4) is 0 Å². The van der Waals surface area contributed by atoms with E-state index in [2.05, 4.69) is 15.1 Å². The van der Waals surface area contributed by atoms with Crippen molar-refractivity contribution in [3.8, 4) is 0 Å². The van der Waals surface area contributed by atoms with Crippen LogP contribution >= 0.6 is 0 Å². The third-order valence-electron chi connectivity index (χ3n) is 8.73. The van der Waals surface area contributed by atoms with Gasteiger partial charge in [0.1, 0.15) is 5.56 Å². The van der Waals surface area contributed by atoms with E-state index in [1.54, 1.807) is 30.3 Å². The van der Waals surface area contributed by atoms with Crippen LogP contribution in [0.4, 0.5) is 39.0 Å². The van der Waals surface area contributed by atoms with Crippen molar-refractivity contribution in [1.82, 2.24) is 4.90 Å². The lowest BCUT2D eigenvalue weighted by Gasteiger charge is -2.41. The molecule has 0 aliphatic carbocycles. The van der Waals surface area contributed by atoms with E-state index < -0.39 is 57.9 Å². The Labute approximate surface area is 282 Å². The highest BCUT2D eigenvalue weighted by Gasteiger charge is 2.35. The zero-order chi connectivity index (χ0) is 35.5. The quantitative estimate of drug-likeness (QED) is 0.0678. The van der Waals surface area contributed by atoms with E-state index in [1.165, 1.54) is 30.3 Å². The second-order valence-electron chi connectivity index (χ2n) is 11.9. The summed E-state index contributed by atoms with van der Waals surface area (Å²) in [5, 5.41) is 22.7. The Kier molecular flexibility index (Phi) is 10.4. The number of hydrogen-bond acceptors (Lipinski definition) is 8. The number of carbonyl (C=O) groups excluding carboxylic acids is 1. The van der Waals surface area contributed by atoms with Gasteiger partial charge in [0.15, 0.2) is 29.6 Å². The van der Waals surface area contributed by atoms with Crippen molar-refractivity contribution < 1.29 is 46.3 Å². The van der Waals surface area contributed by atoms with Gasteiger partial charge in [0.05, 0.1) is 23.7 Å². The highest BCUT2D eigenvalue weighted by atomic mass is 19.2. The Hall–Kier alpha value is -4.96. The van der Waals surface area contributed by atoms with Crippen molar-refractivity contribution in [2.45, 2.75) is 31.5 Å². The van der Waals surface area contributed by atoms with Crippen molar-refractivity contribution in [2.75, 3.05) is 42.9 Å². The maximum Gasteiger partial charge on any atom is 0.269 e. The van der Waals surface area contributed by atoms with Crippen molar-refractivity contribution in [3.05, 3.63) is 134 Å². The summed E-state index contributed by atoms with van der Waals surface area (Å²) in [7, 11) is 0. The number of rotatable bonds is 9. The van der Waals surface area contributed by atoms with E-state index in [9.17, 15) is 42.0 Å². The molecular weight excluding hydrogens is 667 g/mol. The van der Waals surface area contributed by atoms with Crippen LogP contribution in [-0.4, -0.2) is 59.7 Å². The van der Waals surface area contributed by atoms with Gasteiger partial charge in [-0.05, 0) is 35.4 Å². The second kappa shape index (κ2) is 14.9. The van der Waals surface area contributed by atoms with Gasteiger partial charge < -0.3 is 24.8 Å². The van der Waals surface area contributed by atoms with E-state index in [4.69, 9.17) is 9.47 Å². The normalized spacial score (nSPS) is 19.7. The molecule has 0 bridgehead atoms. The number of amides is 1. The molecule has 2 aliphatic rings. The topological polar surface area (TPSA) is 117 Å². The van der Waals surface area contributed by atoms with Crippen LogP contribution in [-0.2, 0) is 16.1 Å². The van der Waals surface area contributed by atoms with Crippen LogP contribution < -0.4 is 10.2 Å². The summed E-state index contributed by atoms with van der Waals surface area (Å²) < 4.78 is 82.4. The van der Waals surface area contributed by atoms with Gasteiger partial charge >= 0.3 is 0 Å². The fraction of sp³-hybridized carbons (Fsp3) is 0.286. The van der Waals surface area contributed by atoms with E-state index >= 15 is 0 Å². The van der Waals surface area contributed by atoms with E-state index in [1.807, 2.05) is 12.1 Å². The van der Waals surface area contributed by atoms with Crippen molar-refractivity contribution in [1.29, 1.82) is 0 Å². The zero-order valence-corrected chi connectivity index (χ0v) is 26.3. The number of nitrogens with one attached hydrogen (secondary N) is 1. The highest BCUT2D eigenvalue weighted by molar-refractivity contribution is 6.04. The minimum absolute atomic E-state index is 0.00280. The summed E-state index contributed by atoms with van der Waals surface area (Å²) in [5.74, 6) is -12.9. The van der Waals surface area contributed by atoms with Crippen LogP contribution in [0.25, 0.3) is 0 Å². The standard InChI is InChI=1S/C35H31F5N4O6/c36-29-28(30(37)32(39)33(40)31(29)38)34(46)41-23-3-1-2-22(16-23)35-49-26(17-27(50-35)21-6-4-20(19-45)5-7-21)18-42-12-14-43(15-13-42)24-8-10-25(11-9-24)44(47)48/h1-11,16,26-27,35,45H,12-15,17-19H2,(H,41,46)/t26-,27+,35+/m1/s1. The number of piperazine rings is 1. The van der Waals surface area contributed by atoms with Crippen LogP contribution in [0.1, 0.15) is 45.9 Å². The lowest BCUT2D eigenvalue weighted by atomic mass is 9.99. The molecule has 0 radical (unpaired) electrons. The maximum atomic E-state index is 14.3. The van der Waals surface area contributed by atoms with Gasteiger partial charge in [-0.15, -0.1) is 0 Å². The van der Waals surface area contributed by atoms with Crippen LogP contribution in [0.2, 0.25) is 0 Å². The molecule has 50 heavy (non-hydrogen) atoms. The molecule has 262 valence electrons. The number of aliphatic hydroxyl groups is 1. The molecule has 3 atom stereocenters. The van der Waals surface area contributed by atoms with Crippen molar-refractivity contribution in [3.63, 3.8) is 0 Å². The number of carbonyl (C=O) groups is 1. The monoisotopic (exact) mass is 698 g/mol. The highest BCUT2D eigenvalue weighted by Crippen LogP contribution is 2.39. The third kappa shape index (κ3) is 7.45. The average molecular weight is 699 g/mol. The molecule has 6 rings (SSSR count). The zero-order valence-electron chi connectivity index (χ0n) is 26.3. The minimum atomic E-state index is -2.37. The first kappa shape index (κ1) is 34.9. The number of halogens is 5. The molecular formula is C35H31F5N4O6. The molecule has 0 saturated carbocycles. The van der Waals surface area contributed by atoms with Crippen molar-refractivity contribution in [2.24, 2.45) is 0 Å². The number of benzene rings is 4. The Morgan fingerprint density at radius 3 is 2.10 bits per heavy atom. The lowest BCUT2D eigenvalue weighted by Crippen LogP contribution is -2.49. The number of anilines is 2. The summed E-state index contributed by atoms with van der Waals surface area (Å²) in [6.07, 6.45) is -1.27. The maximum absolute atomic E-state index is 14.3. The molecule has 0 spiro atoms. The third-order valence-corrected chi connectivity index (χ3v) is 8.73. The van der Waals surface area contributed by atoms with Crippen LogP contribution in [0.5, 0.6) is 0 Å². The van der Waals surface area contributed by atoms with Crippen LogP contribution in [0.15, 0.2) is 72.8 Å². The summed E-state index contributed by atoms with van der Waals surface area (Å²) in [4.78, 5) is 27.7. The molecule has 10 nitrogen and oxygen atoms in total. The van der Waals surface area contributed by atoms with E-state index in [-0.39, 0.29) is 24.1 Å².